The van der Waals surface area contributed by atoms with E-state index in [2.05, 4.69) is 174 Å². The van der Waals surface area contributed by atoms with Gasteiger partial charge in [0.05, 0.1) is 16.7 Å². The van der Waals surface area contributed by atoms with Gasteiger partial charge in [-0.3, -0.25) is 4.57 Å². The number of pyridine rings is 1. The van der Waals surface area contributed by atoms with Gasteiger partial charge in [0, 0.05) is 62.1 Å². The Labute approximate surface area is 312 Å². The van der Waals surface area contributed by atoms with Crippen LogP contribution in [0.1, 0.15) is 0 Å². The predicted molar refractivity (Wildman–Crippen MR) is 230 cm³/mol. The lowest BCUT2D eigenvalue weighted by Crippen LogP contribution is -2.00. The molecule has 0 spiro atoms. The van der Waals surface area contributed by atoms with E-state index in [4.69, 9.17) is 4.98 Å². The van der Waals surface area contributed by atoms with Gasteiger partial charge in [0.2, 0.25) is 0 Å². The van der Waals surface area contributed by atoms with Crippen LogP contribution in [0.3, 0.4) is 0 Å². The van der Waals surface area contributed by atoms with Crippen LogP contribution in [0.15, 0.2) is 170 Å². The molecule has 4 heteroatoms. The number of fused-ring (bicyclic) bond motifs is 14. The summed E-state index contributed by atoms with van der Waals surface area (Å²) in [6.07, 6.45) is 0. The van der Waals surface area contributed by atoms with E-state index in [1.165, 1.54) is 94.8 Å². The van der Waals surface area contributed by atoms with Crippen molar-refractivity contribution < 1.29 is 0 Å². The molecule has 53 heavy (non-hydrogen) atoms. The molecule has 12 aromatic rings. The molecule has 0 unspecified atom stereocenters. The number of benzene rings is 8. The van der Waals surface area contributed by atoms with Crippen molar-refractivity contribution >= 4 is 106 Å². The molecule has 0 aliphatic rings. The molecule has 0 N–H and O–H groups in total. The maximum absolute atomic E-state index is 5.69. The Bertz CT molecular complexity index is 3450. The van der Waals surface area contributed by atoms with E-state index in [-0.39, 0.29) is 0 Å². The Balaban J connectivity index is 1.18. The molecular weight excluding hydrogens is 681 g/mol. The zero-order valence-corrected chi connectivity index (χ0v) is 30.0. The standard InChI is InChI=1S/C49H28N2S2/c1-2-14-32-29(12-1)13-11-20-33(32)30-24-26-31(27-25-30)47-45-38-19-7-9-22-40(38)52-42(45)28-43(50-47)51-39-21-8-5-17-36(39)46-48(51)35-16-4-3-15-34(35)44-37-18-6-10-23-41(37)53-49(44)46/h1-28H. The van der Waals surface area contributed by atoms with Gasteiger partial charge in [-0.2, -0.15) is 0 Å². The first kappa shape index (κ1) is 29.3. The van der Waals surface area contributed by atoms with Gasteiger partial charge in [-0.05, 0) is 51.6 Å². The smallest absolute Gasteiger partial charge is 0.139 e. The summed E-state index contributed by atoms with van der Waals surface area (Å²) < 4.78 is 7.60. The summed E-state index contributed by atoms with van der Waals surface area (Å²) in [7, 11) is 0. The molecule has 0 bridgehead atoms. The van der Waals surface area contributed by atoms with E-state index in [0.717, 1.165) is 17.1 Å². The highest BCUT2D eigenvalue weighted by Crippen LogP contribution is 2.49. The Morgan fingerprint density at radius 2 is 1.02 bits per heavy atom. The molecule has 0 atom stereocenters. The van der Waals surface area contributed by atoms with Crippen LogP contribution in [-0.4, -0.2) is 9.55 Å². The summed E-state index contributed by atoms with van der Waals surface area (Å²) in [5, 5.41) is 12.7. The highest BCUT2D eigenvalue weighted by atomic mass is 32.1. The molecule has 0 saturated carbocycles. The second-order valence-electron chi connectivity index (χ2n) is 13.8. The zero-order chi connectivity index (χ0) is 34.6. The highest BCUT2D eigenvalue weighted by Gasteiger charge is 2.23. The molecule has 0 radical (unpaired) electrons. The molecule has 2 nitrogen and oxygen atoms in total. The first-order valence-electron chi connectivity index (χ1n) is 18.0. The largest absolute Gasteiger partial charge is 0.293 e. The number of nitrogens with zero attached hydrogens (tertiary/aromatic N) is 2. The normalized spacial score (nSPS) is 12.2. The number of aromatic nitrogens is 2. The Morgan fingerprint density at radius 1 is 0.415 bits per heavy atom. The molecule has 4 aromatic heterocycles. The number of hydrogen-bond donors (Lipinski definition) is 0. The fourth-order valence-electron chi connectivity index (χ4n) is 8.70. The van der Waals surface area contributed by atoms with Crippen LogP contribution in [0.5, 0.6) is 0 Å². The topological polar surface area (TPSA) is 17.8 Å². The number of thiophene rings is 2. The van der Waals surface area contributed by atoms with Crippen molar-refractivity contribution in [1.29, 1.82) is 0 Å². The van der Waals surface area contributed by atoms with Crippen molar-refractivity contribution in [1.82, 2.24) is 9.55 Å². The quantitative estimate of drug-likeness (QED) is 0.179. The van der Waals surface area contributed by atoms with Gasteiger partial charge >= 0.3 is 0 Å². The van der Waals surface area contributed by atoms with Gasteiger partial charge in [-0.15, -0.1) is 22.7 Å². The van der Waals surface area contributed by atoms with Crippen molar-refractivity contribution in [3.63, 3.8) is 0 Å². The lowest BCUT2D eigenvalue weighted by Gasteiger charge is -2.13. The van der Waals surface area contributed by atoms with Crippen molar-refractivity contribution in [3.8, 4) is 28.2 Å². The van der Waals surface area contributed by atoms with E-state index in [1.807, 2.05) is 22.7 Å². The minimum absolute atomic E-state index is 0.939. The minimum Gasteiger partial charge on any atom is -0.293 e. The monoisotopic (exact) mass is 708 g/mol. The predicted octanol–water partition coefficient (Wildman–Crippen LogP) is 14.6. The van der Waals surface area contributed by atoms with Gasteiger partial charge in [0.1, 0.15) is 5.82 Å². The van der Waals surface area contributed by atoms with Crippen LogP contribution in [0.25, 0.3) is 112 Å². The van der Waals surface area contributed by atoms with E-state index in [9.17, 15) is 0 Å². The fraction of sp³-hybridized carbons (Fsp3) is 0. The fourth-order valence-corrected chi connectivity index (χ4v) is 11.1. The number of hydrogen-bond acceptors (Lipinski definition) is 3. The summed E-state index contributed by atoms with van der Waals surface area (Å²) in [4.78, 5) is 5.69. The Morgan fingerprint density at radius 3 is 1.83 bits per heavy atom. The van der Waals surface area contributed by atoms with Gasteiger partial charge in [-0.25, -0.2) is 4.98 Å². The second kappa shape index (κ2) is 11.1. The average molecular weight is 709 g/mol. The Kier molecular flexibility index (Phi) is 6.12. The highest BCUT2D eigenvalue weighted by molar-refractivity contribution is 7.27. The molecule has 4 heterocycles. The Hall–Kier alpha value is -6.33. The third kappa shape index (κ3) is 4.16. The van der Waals surface area contributed by atoms with Crippen LogP contribution in [0, 0.1) is 0 Å². The molecular formula is C49H28N2S2. The van der Waals surface area contributed by atoms with Crippen LogP contribution in [0.2, 0.25) is 0 Å². The molecule has 0 fully saturated rings. The molecule has 0 amide bonds. The molecule has 0 saturated heterocycles. The van der Waals surface area contributed by atoms with Gasteiger partial charge in [0.25, 0.3) is 0 Å². The molecule has 8 aromatic carbocycles. The first-order chi connectivity index (χ1) is 26.3. The maximum atomic E-state index is 5.69. The summed E-state index contributed by atoms with van der Waals surface area (Å²) >= 11 is 3.76. The van der Waals surface area contributed by atoms with Crippen LogP contribution in [0.4, 0.5) is 0 Å². The third-order valence-electron chi connectivity index (χ3n) is 11.0. The summed E-state index contributed by atoms with van der Waals surface area (Å²) in [6.45, 7) is 0. The van der Waals surface area contributed by atoms with Crippen LogP contribution >= 0.6 is 22.7 Å². The van der Waals surface area contributed by atoms with Crippen molar-refractivity contribution in [2.24, 2.45) is 0 Å². The molecule has 12 rings (SSSR count). The summed E-state index contributed by atoms with van der Waals surface area (Å²) in [5.74, 6) is 0.939. The lowest BCUT2D eigenvalue weighted by molar-refractivity contribution is 1.10. The van der Waals surface area contributed by atoms with E-state index in [1.54, 1.807) is 0 Å². The van der Waals surface area contributed by atoms with Gasteiger partial charge in [-0.1, -0.05) is 146 Å². The SMILES string of the molecule is c1ccc2c(-c3ccc(-c4nc(-n5c6ccccc6c6c7sc8ccccc8c7c7ccccc7c65)cc5sc6ccccc6c45)cc3)cccc2c1. The molecule has 0 aliphatic carbocycles. The van der Waals surface area contributed by atoms with Crippen LogP contribution in [-0.2, 0) is 0 Å². The molecule has 246 valence electrons. The summed E-state index contributed by atoms with van der Waals surface area (Å²) in [6, 6.07) is 62.0. The minimum atomic E-state index is 0.939. The van der Waals surface area contributed by atoms with Crippen molar-refractivity contribution in [2.45, 2.75) is 0 Å². The van der Waals surface area contributed by atoms with Crippen molar-refractivity contribution in [2.75, 3.05) is 0 Å². The van der Waals surface area contributed by atoms with Gasteiger partial charge in [0.15, 0.2) is 0 Å². The number of para-hydroxylation sites is 1. The maximum Gasteiger partial charge on any atom is 0.139 e. The summed E-state index contributed by atoms with van der Waals surface area (Å²) in [5.41, 5.74) is 6.95. The number of rotatable bonds is 3. The average Bonchev–Trinajstić information content (AvgIpc) is 3.90. The second-order valence-corrected chi connectivity index (χ2v) is 16.0. The van der Waals surface area contributed by atoms with E-state index in [0.29, 0.717) is 0 Å². The van der Waals surface area contributed by atoms with Crippen LogP contribution < -0.4 is 0 Å². The van der Waals surface area contributed by atoms with Crippen molar-refractivity contribution in [3.05, 3.63) is 170 Å². The van der Waals surface area contributed by atoms with E-state index >= 15 is 0 Å². The molecule has 0 aliphatic heterocycles. The lowest BCUT2D eigenvalue weighted by atomic mass is 9.96. The zero-order valence-electron chi connectivity index (χ0n) is 28.4. The third-order valence-corrected chi connectivity index (χ3v) is 13.3. The first-order valence-corrected chi connectivity index (χ1v) is 19.6. The van der Waals surface area contributed by atoms with E-state index < -0.39 is 0 Å². The van der Waals surface area contributed by atoms with Gasteiger partial charge < -0.3 is 0 Å².